The van der Waals surface area contributed by atoms with Crippen LogP contribution < -0.4 is 0 Å². The van der Waals surface area contributed by atoms with Crippen LogP contribution in [0.15, 0.2) is 36.7 Å². The molecule has 3 saturated heterocycles. The van der Waals surface area contributed by atoms with E-state index in [0.717, 1.165) is 11.4 Å². The maximum atomic E-state index is 5.21. The molecule has 8 nitrogen and oxygen atoms in total. The van der Waals surface area contributed by atoms with Crippen LogP contribution in [0.2, 0.25) is 0 Å². The minimum Gasteiger partial charge on any atom is -0.405 e. The predicted octanol–water partition coefficient (Wildman–Crippen LogP) is 10.9. The topological polar surface area (TPSA) is 81.2 Å². The monoisotopic (exact) mass is 953 g/mol. The van der Waals surface area contributed by atoms with Crippen LogP contribution in [0.25, 0.3) is 11.4 Å². The van der Waals surface area contributed by atoms with Crippen LogP contribution in [-0.4, -0.2) is 66.6 Å². The van der Waals surface area contributed by atoms with Crippen molar-refractivity contribution in [3.8, 4) is 11.4 Å². The molecule has 4 fully saturated rings. The van der Waals surface area contributed by atoms with Crippen molar-refractivity contribution in [3.05, 3.63) is 60.6 Å². The zero-order valence-corrected chi connectivity index (χ0v) is 40.7. The second kappa shape index (κ2) is 21.4. The minimum atomic E-state index is -0.188. The van der Waals surface area contributed by atoms with Gasteiger partial charge in [-0.15, -0.1) is 0 Å². The Morgan fingerprint density at radius 1 is 0.446 bits per heavy atom. The Labute approximate surface area is 359 Å². The molecule has 4 aliphatic rings. The fraction of sp³-hybridized carbons (Fsp3) is 0.727. The van der Waals surface area contributed by atoms with Gasteiger partial charge in [-0.1, -0.05) is 67.2 Å². The summed E-state index contributed by atoms with van der Waals surface area (Å²) >= 11 is 0. The minimum absolute atomic E-state index is 0. The first kappa shape index (κ1) is 52.9. The van der Waals surface area contributed by atoms with E-state index in [1.165, 1.54) is 72.7 Å². The molecule has 6 radical (unpaired) electrons. The summed E-state index contributed by atoms with van der Waals surface area (Å²) in [7, 11) is 4.25. The zero-order chi connectivity index (χ0) is 42.0. The van der Waals surface area contributed by atoms with Gasteiger partial charge in [-0.3, -0.25) is 9.97 Å². The third-order valence-corrected chi connectivity index (χ3v) is 11.6. The average Bonchev–Trinajstić information content (AvgIpc) is 3.55. The van der Waals surface area contributed by atoms with Gasteiger partial charge in [0, 0.05) is 32.5 Å². The van der Waals surface area contributed by atoms with Crippen molar-refractivity contribution in [2.75, 3.05) is 0 Å². The molecule has 12 heteroatoms. The molecule has 6 rings (SSSR count). The fourth-order valence-electron chi connectivity index (χ4n) is 4.83. The Balaban J connectivity index is 0.000000371. The van der Waals surface area contributed by atoms with E-state index in [-0.39, 0.29) is 64.5 Å². The molecule has 0 bridgehead atoms. The van der Waals surface area contributed by atoms with Crippen molar-refractivity contribution in [2.45, 2.75) is 208 Å². The van der Waals surface area contributed by atoms with Crippen LogP contribution in [0.4, 0.5) is 0 Å². The maximum Gasteiger partial charge on any atom is 0.488 e. The first-order chi connectivity index (χ1) is 25.0. The Bertz CT molecular complexity index is 1260. The summed E-state index contributed by atoms with van der Waals surface area (Å²) in [4.78, 5) is 8.97. The molecule has 0 atom stereocenters. The molecule has 3 aliphatic heterocycles. The van der Waals surface area contributed by atoms with Gasteiger partial charge in [-0.2, -0.15) is 0 Å². The van der Waals surface area contributed by atoms with Crippen LogP contribution in [0.5, 0.6) is 0 Å². The van der Waals surface area contributed by atoms with Crippen molar-refractivity contribution in [2.24, 2.45) is 0 Å². The first-order valence-corrected chi connectivity index (χ1v) is 20.2. The summed E-state index contributed by atoms with van der Waals surface area (Å²) in [5, 5.41) is 0. The van der Waals surface area contributed by atoms with Crippen LogP contribution in [0.1, 0.15) is 174 Å². The Morgan fingerprint density at radius 2 is 0.696 bits per heavy atom. The van der Waals surface area contributed by atoms with Crippen molar-refractivity contribution in [1.82, 2.24) is 9.97 Å². The quantitative estimate of drug-likeness (QED) is 0.262. The van der Waals surface area contributed by atoms with E-state index in [0.29, 0.717) is 0 Å². The molecule has 0 N–H and O–H groups in total. The van der Waals surface area contributed by atoms with Crippen molar-refractivity contribution >= 4 is 23.1 Å². The first-order valence-electron chi connectivity index (χ1n) is 20.2. The summed E-state index contributed by atoms with van der Waals surface area (Å²) < 4.78 is 31.2. The zero-order valence-electron chi connectivity index (χ0n) is 38.3. The Hall–Kier alpha value is -1.10. The number of hydrogen-bond acceptors (Lipinski definition) is 8. The van der Waals surface area contributed by atoms with Gasteiger partial charge in [0.2, 0.25) is 0 Å². The summed E-state index contributed by atoms with van der Waals surface area (Å²) in [6, 6.07) is 8.46. The second-order valence-electron chi connectivity index (χ2n) is 19.9. The standard InChI is InChI=1S/C18H24N2.C8H14.3C6H12BO2.Ir/c1-17(2,3)13-7-9-19-15(11-13)16-12-14(8-10-20-16)18(4,5)6;1-2-4-6-8-7-5-3-1;3*1-5(2)6(3,4)9-7-8-5;/h7-12H,1-6H3;1-2H,3-8H2;3*1-4H3;. The van der Waals surface area contributed by atoms with Gasteiger partial charge in [0.05, 0.1) is 45.0 Å². The summed E-state index contributed by atoms with van der Waals surface area (Å²) in [6.07, 6.45) is 16.8. The summed E-state index contributed by atoms with van der Waals surface area (Å²) in [6.45, 7) is 37.4. The maximum absolute atomic E-state index is 5.21. The van der Waals surface area contributed by atoms with Crippen LogP contribution in [0.3, 0.4) is 0 Å². The molecule has 5 heterocycles. The molecule has 314 valence electrons. The van der Waals surface area contributed by atoms with Gasteiger partial charge in [-0.05, 0) is 155 Å². The summed E-state index contributed by atoms with van der Waals surface area (Å²) in [5.41, 5.74) is 3.58. The van der Waals surface area contributed by atoms with Crippen LogP contribution >= 0.6 is 0 Å². The molecule has 2 aromatic rings. The summed E-state index contributed by atoms with van der Waals surface area (Å²) in [5.74, 6) is 0. The molecule has 0 unspecified atom stereocenters. The van der Waals surface area contributed by atoms with Gasteiger partial charge < -0.3 is 27.9 Å². The van der Waals surface area contributed by atoms with E-state index in [2.05, 4.69) is 88.6 Å². The normalized spacial score (nSPS) is 22.2. The van der Waals surface area contributed by atoms with E-state index < -0.39 is 0 Å². The van der Waals surface area contributed by atoms with Gasteiger partial charge in [-0.25, -0.2) is 0 Å². The van der Waals surface area contributed by atoms with Gasteiger partial charge >= 0.3 is 23.1 Å². The molecule has 0 spiro atoms. The third kappa shape index (κ3) is 16.2. The molecule has 2 aromatic heterocycles. The van der Waals surface area contributed by atoms with E-state index in [4.69, 9.17) is 27.9 Å². The molecular formula is C44H74B3IrN2O6. The molecule has 0 aromatic carbocycles. The molecule has 1 saturated carbocycles. The van der Waals surface area contributed by atoms with E-state index in [9.17, 15) is 0 Å². The van der Waals surface area contributed by atoms with Gasteiger partial charge in [0.15, 0.2) is 0 Å². The molecular weight excluding hydrogens is 877 g/mol. The fourth-order valence-corrected chi connectivity index (χ4v) is 4.83. The number of nitrogens with zero attached hydrogens (tertiary/aromatic N) is 2. The number of pyridine rings is 2. The van der Waals surface area contributed by atoms with Gasteiger partial charge in [0.1, 0.15) is 0 Å². The second-order valence-corrected chi connectivity index (χ2v) is 19.9. The number of hydrogen-bond donors (Lipinski definition) is 0. The van der Waals surface area contributed by atoms with E-state index in [1.54, 1.807) is 0 Å². The van der Waals surface area contributed by atoms with Gasteiger partial charge in [0.25, 0.3) is 0 Å². The Kier molecular flexibility index (Phi) is 20.3. The number of aromatic nitrogens is 2. The molecule has 0 amide bonds. The largest absolute Gasteiger partial charge is 0.488 e. The third-order valence-electron chi connectivity index (χ3n) is 11.6. The van der Waals surface area contributed by atoms with Crippen LogP contribution in [0, 0.1) is 12.8 Å². The van der Waals surface area contributed by atoms with Crippen molar-refractivity contribution < 1.29 is 48.0 Å². The van der Waals surface area contributed by atoms with Crippen molar-refractivity contribution in [3.63, 3.8) is 0 Å². The van der Waals surface area contributed by atoms with Crippen LogP contribution in [-0.2, 0) is 58.9 Å². The number of rotatable bonds is 1. The van der Waals surface area contributed by atoms with E-state index >= 15 is 0 Å². The van der Waals surface area contributed by atoms with E-state index in [1.807, 2.05) is 95.5 Å². The Morgan fingerprint density at radius 3 is 0.893 bits per heavy atom. The molecule has 56 heavy (non-hydrogen) atoms. The average molecular weight is 952 g/mol. The smallest absolute Gasteiger partial charge is 0.405 e. The SMILES string of the molecule is CC(C)(C)c1ccnc(-c2cc(C(C)(C)C)ccn2)c1.CC1(C)O[B]OC1(C)C.CC1(C)O[B]OC1(C)C.CC1(C)O[B]OC1(C)C.[CH]1[CH]CCCCCC1.[Ir]. The van der Waals surface area contributed by atoms with Crippen molar-refractivity contribution in [1.29, 1.82) is 0 Å². The molecule has 1 aliphatic carbocycles. The predicted molar refractivity (Wildman–Crippen MR) is 229 cm³/mol.